The minimum atomic E-state index is -0.216. The summed E-state index contributed by atoms with van der Waals surface area (Å²) in [6.07, 6.45) is 4.46. The minimum absolute atomic E-state index is 0.0808. The third-order valence-corrected chi connectivity index (χ3v) is 6.68. The van der Waals surface area contributed by atoms with Gasteiger partial charge in [-0.25, -0.2) is 0 Å². The van der Waals surface area contributed by atoms with E-state index in [1.165, 1.54) is 0 Å². The first-order chi connectivity index (χ1) is 17.0. The summed E-state index contributed by atoms with van der Waals surface area (Å²) in [5.74, 6) is 2.76. The van der Waals surface area contributed by atoms with E-state index < -0.39 is 0 Å². The maximum absolute atomic E-state index is 12.4. The Balaban J connectivity index is 1.36. The molecule has 3 aromatic carbocycles. The summed E-state index contributed by atoms with van der Waals surface area (Å²) in [6, 6.07) is 15.3. The largest absolute Gasteiger partial charge is 0.489 e. The van der Waals surface area contributed by atoms with E-state index >= 15 is 0 Å². The number of carbonyl (C=O) groups is 1. The van der Waals surface area contributed by atoms with Crippen LogP contribution in [-0.4, -0.2) is 36.2 Å². The molecule has 1 aliphatic carbocycles. The maximum Gasteiger partial charge on any atom is 0.251 e. The number of pyridine rings is 1. The number of nitrogens with one attached hydrogen (secondary N) is 1. The molecule has 1 saturated carbocycles. The SMILES string of the molecule is CCNC(=O)c1cccc2cc(Oc3ccnc4cc(OCC5(N)CC5)c5c(c34)CCO5)ccc12. The summed E-state index contributed by atoms with van der Waals surface area (Å²) in [6.45, 7) is 3.55. The third kappa shape index (κ3) is 4.02. The molecule has 1 fully saturated rings. The molecular weight excluding hydrogens is 442 g/mol. The monoisotopic (exact) mass is 469 g/mol. The number of carbonyl (C=O) groups excluding carboxylic acids is 1. The van der Waals surface area contributed by atoms with Gasteiger partial charge in [0.05, 0.1) is 23.0 Å². The number of aromatic nitrogens is 1. The van der Waals surface area contributed by atoms with Gasteiger partial charge < -0.3 is 25.3 Å². The van der Waals surface area contributed by atoms with E-state index in [0.717, 1.165) is 52.3 Å². The van der Waals surface area contributed by atoms with Crippen LogP contribution in [0, 0.1) is 0 Å². The van der Waals surface area contributed by atoms with Crippen LogP contribution in [0.2, 0.25) is 0 Å². The second kappa shape index (κ2) is 8.43. The predicted octanol–water partition coefficient (Wildman–Crippen LogP) is 4.74. The molecule has 0 radical (unpaired) electrons. The summed E-state index contributed by atoms with van der Waals surface area (Å²) in [5.41, 5.74) is 8.49. The molecule has 0 atom stereocenters. The van der Waals surface area contributed by atoms with Crippen molar-refractivity contribution in [2.45, 2.75) is 31.7 Å². The average molecular weight is 470 g/mol. The Bertz CT molecular complexity index is 1460. The molecule has 4 aromatic rings. The second-order valence-corrected chi connectivity index (χ2v) is 9.29. The van der Waals surface area contributed by atoms with Crippen LogP contribution in [0.1, 0.15) is 35.7 Å². The Hall–Kier alpha value is -3.84. The number of benzene rings is 3. The first-order valence-electron chi connectivity index (χ1n) is 12.0. The van der Waals surface area contributed by atoms with Crippen LogP contribution >= 0.6 is 0 Å². The maximum atomic E-state index is 12.4. The van der Waals surface area contributed by atoms with E-state index in [1.807, 2.05) is 55.5 Å². The lowest BCUT2D eigenvalue weighted by molar-refractivity contribution is 0.0957. The van der Waals surface area contributed by atoms with Gasteiger partial charge >= 0.3 is 0 Å². The number of amides is 1. The van der Waals surface area contributed by atoms with Gasteiger partial charge in [0.15, 0.2) is 11.5 Å². The summed E-state index contributed by atoms with van der Waals surface area (Å²) in [7, 11) is 0. The van der Waals surface area contributed by atoms with Crippen molar-refractivity contribution >= 4 is 27.6 Å². The fourth-order valence-electron chi connectivity index (χ4n) is 4.60. The molecule has 178 valence electrons. The van der Waals surface area contributed by atoms with Crippen molar-refractivity contribution in [1.82, 2.24) is 10.3 Å². The summed E-state index contributed by atoms with van der Waals surface area (Å²) >= 11 is 0. The van der Waals surface area contributed by atoms with Crippen LogP contribution < -0.4 is 25.3 Å². The molecular formula is C28H27N3O4. The molecule has 2 aliphatic rings. The number of hydrogen-bond donors (Lipinski definition) is 2. The highest BCUT2D eigenvalue weighted by Gasteiger charge is 2.39. The Morgan fingerprint density at radius 1 is 1.17 bits per heavy atom. The lowest BCUT2D eigenvalue weighted by Gasteiger charge is -2.16. The Kier molecular flexibility index (Phi) is 5.22. The van der Waals surface area contributed by atoms with Gasteiger partial charge in [0.1, 0.15) is 18.1 Å². The number of ether oxygens (including phenoxy) is 3. The van der Waals surface area contributed by atoms with Gasteiger partial charge in [-0.2, -0.15) is 0 Å². The molecule has 0 saturated heterocycles. The molecule has 35 heavy (non-hydrogen) atoms. The quantitative estimate of drug-likeness (QED) is 0.406. The third-order valence-electron chi connectivity index (χ3n) is 6.68. The predicted molar refractivity (Wildman–Crippen MR) is 135 cm³/mol. The normalized spacial score (nSPS) is 15.5. The van der Waals surface area contributed by atoms with Gasteiger partial charge in [-0.3, -0.25) is 9.78 Å². The number of nitrogens with two attached hydrogens (primary N) is 1. The second-order valence-electron chi connectivity index (χ2n) is 9.29. The Morgan fingerprint density at radius 2 is 2.06 bits per heavy atom. The van der Waals surface area contributed by atoms with Gasteiger partial charge in [0.25, 0.3) is 5.91 Å². The van der Waals surface area contributed by atoms with Gasteiger partial charge in [-0.05, 0) is 60.9 Å². The number of nitrogens with zero attached hydrogens (tertiary/aromatic N) is 1. The number of fused-ring (bicyclic) bond motifs is 4. The van der Waals surface area contributed by atoms with E-state index in [4.69, 9.17) is 19.9 Å². The highest BCUT2D eigenvalue weighted by Crippen LogP contribution is 2.45. The van der Waals surface area contributed by atoms with E-state index in [-0.39, 0.29) is 11.4 Å². The number of rotatable bonds is 7. The van der Waals surface area contributed by atoms with Crippen molar-refractivity contribution in [2.24, 2.45) is 5.73 Å². The molecule has 1 aromatic heterocycles. The van der Waals surface area contributed by atoms with Gasteiger partial charge in [0, 0.05) is 36.4 Å². The van der Waals surface area contributed by atoms with Crippen LogP contribution in [0.3, 0.4) is 0 Å². The molecule has 0 unspecified atom stereocenters. The molecule has 6 rings (SSSR count). The summed E-state index contributed by atoms with van der Waals surface area (Å²) in [5, 5.41) is 5.62. The van der Waals surface area contributed by atoms with Gasteiger partial charge in [-0.15, -0.1) is 0 Å². The molecule has 2 heterocycles. The smallest absolute Gasteiger partial charge is 0.251 e. The highest BCUT2D eigenvalue weighted by molar-refractivity contribution is 6.07. The van der Waals surface area contributed by atoms with Crippen molar-refractivity contribution in [3.05, 3.63) is 65.9 Å². The van der Waals surface area contributed by atoms with E-state index in [1.54, 1.807) is 6.20 Å². The number of hydrogen-bond acceptors (Lipinski definition) is 6. The van der Waals surface area contributed by atoms with Crippen LogP contribution in [-0.2, 0) is 6.42 Å². The molecule has 0 spiro atoms. The Labute approximate surface area is 203 Å². The van der Waals surface area contributed by atoms with E-state index in [9.17, 15) is 4.79 Å². The van der Waals surface area contributed by atoms with E-state index in [2.05, 4.69) is 10.3 Å². The van der Waals surface area contributed by atoms with Crippen molar-refractivity contribution in [1.29, 1.82) is 0 Å². The van der Waals surface area contributed by atoms with Crippen molar-refractivity contribution in [3.63, 3.8) is 0 Å². The summed E-state index contributed by atoms with van der Waals surface area (Å²) < 4.78 is 18.4. The fraction of sp³-hybridized carbons (Fsp3) is 0.286. The average Bonchev–Trinajstić information content (AvgIpc) is 3.39. The fourth-order valence-corrected chi connectivity index (χ4v) is 4.60. The van der Waals surface area contributed by atoms with Gasteiger partial charge in [-0.1, -0.05) is 12.1 Å². The standard InChI is InChI=1S/C28H27N3O4/c1-2-30-27(32)20-5-3-4-17-14-18(6-7-19(17)20)35-23-8-12-31-22-15-24(34-16-28(29)10-11-28)26-21(25(22)23)9-13-33-26/h3-8,12,14-15H,2,9-11,13,16,29H2,1H3,(H,30,32). The zero-order valence-electron chi connectivity index (χ0n) is 19.6. The molecule has 3 N–H and O–H groups in total. The lowest BCUT2D eigenvalue weighted by Crippen LogP contribution is -2.29. The van der Waals surface area contributed by atoms with Crippen LogP contribution in [0.4, 0.5) is 0 Å². The molecule has 0 bridgehead atoms. The zero-order valence-corrected chi connectivity index (χ0v) is 19.6. The molecule has 1 amide bonds. The van der Waals surface area contributed by atoms with Gasteiger partial charge in [0.2, 0.25) is 0 Å². The van der Waals surface area contributed by atoms with Crippen LogP contribution in [0.15, 0.2) is 54.7 Å². The zero-order chi connectivity index (χ0) is 24.0. The van der Waals surface area contributed by atoms with Crippen molar-refractivity contribution in [3.8, 4) is 23.0 Å². The van der Waals surface area contributed by atoms with Crippen LogP contribution in [0.5, 0.6) is 23.0 Å². The molecule has 7 heteroatoms. The van der Waals surface area contributed by atoms with E-state index in [0.29, 0.717) is 42.6 Å². The minimum Gasteiger partial charge on any atom is -0.489 e. The first kappa shape index (κ1) is 21.7. The first-order valence-corrected chi connectivity index (χ1v) is 12.0. The van der Waals surface area contributed by atoms with Crippen molar-refractivity contribution in [2.75, 3.05) is 19.8 Å². The highest BCUT2D eigenvalue weighted by atomic mass is 16.5. The van der Waals surface area contributed by atoms with Crippen LogP contribution in [0.25, 0.3) is 21.7 Å². The summed E-state index contributed by atoms with van der Waals surface area (Å²) in [4.78, 5) is 17.0. The topological polar surface area (TPSA) is 95.7 Å². The molecule has 7 nitrogen and oxygen atoms in total. The van der Waals surface area contributed by atoms with Crippen molar-refractivity contribution < 1.29 is 19.0 Å². The molecule has 1 aliphatic heterocycles. The Morgan fingerprint density at radius 3 is 2.89 bits per heavy atom. The lowest BCUT2D eigenvalue weighted by atomic mass is 10.0.